The van der Waals surface area contributed by atoms with E-state index in [2.05, 4.69) is 15.0 Å². The molecule has 1 aromatic heterocycles. The number of rotatable bonds is 4. The maximum absolute atomic E-state index is 13.2. The highest BCUT2D eigenvalue weighted by atomic mass is 32.2. The maximum Gasteiger partial charge on any atom is 0.413 e. The summed E-state index contributed by atoms with van der Waals surface area (Å²) in [4.78, 5) is 41.3. The fourth-order valence-corrected chi connectivity index (χ4v) is 4.31. The average Bonchev–Trinajstić information content (AvgIpc) is 2.68. The summed E-state index contributed by atoms with van der Waals surface area (Å²) < 4.78 is 6.21. The summed E-state index contributed by atoms with van der Waals surface area (Å²) in [5, 5.41) is 2.65. The highest BCUT2D eigenvalue weighted by molar-refractivity contribution is 8.00. The zero-order valence-electron chi connectivity index (χ0n) is 15.4. The first kappa shape index (κ1) is 19.4. The van der Waals surface area contributed by atoms with Crippen LogP contribution in [0.1, 0.15) is 45.1 Å². The first-order valence-corrected chi connectivity index (χ1v) is 9.96. The molecule has 0 radical (unpaired) electrons. The third-order valence-corrected chi connectivity index (χ3v) is 5.84. The second-order valence-electron chi connectivity index (χ2n) is 6.62. The lowest BCUT2D eigenvalue weighted by Crippen LogP contribution is -2.36. The molecule has 1 aliphatic rings. The van der Waals surface area contributed by atoms with Gasteiger partial charge in [-0.2, -0.15) is 0 Å². The van der Waals surface area contributed by atoms with E-state index >= 15 is 0 Å². The fourth-order valence-electron chi connectivity index (χ4n) is 3.33. The number of methoxy groups -OCH3 is 1. The number of hydrogen-bond donors (Lipinski definition) is 1. The largest absolute Gasteiger partial charge is 0.453 e. The normalized spacial score (nSPS) is 16.1. The molecule has 27 heavy (non-hydrogen) atoms. The first-order chi connectivity index (χ1) is 13.0. The number of amides is 2. The third kappa shape index (κ3) is 4.32. The Morgan fingerprint density at radius 3 is 2.67 bits per heavy atom. The van der Waals surface area contributed by atoms with Gasteiger partial charge in [-0.25, -0.2) is 9.78 Å². The number of para-hydroxylation sites is 1. The molecule has 1 atom stereocenters. The van der Waals surface area contributed by atoms with Crippen LogP contribution in [-0.4, -0.2) is 33.9 Å². The molecule has 0 unspecified atom stereocenters. The maximum atomic E-state index is 13.2. The van der Waals surface area contributed by atoms with Crippen molar-refractivity contribution < 1.29 is 14.3 Å². The van der Waals surface area contributed by atoms with Gasteiger partial charge in [0.2, 0.25) is 5.91 Å². The number of benzene rings is 1. The van der Waals surface area contributed by atoms with Crippen molar-refractivity contribution in [1.29, 1.82) is 0 Å². The van der Waals surface area contributed by atoms with Crippen LogP contribution in [0.2, 0.25) is 0 Å². The van der Waals surface area contributed by atoms with Gasteiger partial charge in [-0.15, -0.1) is 0 Å². The third-order valence-electron chi connectivity index (χ3n) is 4.78. The van der Waals surface area contributed by atoms with Crippen molar-refractivity contribution in [3.05, 3.63) is 34.6 Å². The van der Waals surface area contributed by atoms with Gasteiger partial charge in [0.05, 0.1) is 23.3 Å². The Bertz CT molecular complexity index is 905. The van der Waals surface area contributed by atoms with Crippen molar-refractivity contribution >= 4 is 34.7 Å². The van der Waals surface area contributed by atoms with Crippen LogP contribution in [-0.2, 0) is 9.53 Å². The van der Waals surface area contributed by atoms with Crippen LogP contribution in [0.5, 0.6) is 0 Å². The van der Waals surface area contributed by atoms with Crippen LogP contribution < -0.4 is 10.9 Å². The second kappa shape index (κ2) is 8.56. The zero-order chi connectivity index (χ0) is 19.4. The number of ether oxygens (including phenoxy) is 1. The van der Waals surface area contributed by atoms with Crippen molar-refractivity contribution in [1.82, 2.24) is 14.9 Å². The quantitative estimate of drug-likeness (QED) is 0.638. The molecule has 1 aromatic carbocycles. The monoisotopic (exact) mass is 389 g/mol. The molecule has 144 valence electrons. The molecular formula is C19H23N3O4S. The smallest absolute Gasteiger partial charge is 0.413 e. The van der Waals surface area contributed by atoms with Crippen LogP contribution >= 0.6 is 11.8 Å². The average molecular weight is 389 g/mol. The van der Waals surface area contributed by atoms with Crippen molar-refractivity contribution in [3.8, 4) is 0 Å². The molecular weight excluding hydrogens is 366 g/mol. The van der Waals surface area contributed by atoms with E-state index in [4.69, 9.17) is 0 Å². The number of hydrogen-bond acceptors (Lipinski definition) is 6. The van der Waals surface area contributed by atoms with E-state index in [-0.39, 0.29) is 11.6 Å². The Labute approximate surface area is 161 Å². The molecule has 0 saturated heterocycles. The van der Waals surface area contributed by atoms with Crippen LogP contribution in [0.4, 0.5) is 4.79 Å². The molecule has 2 aromatic rings. The number of carbonyl (C=O) groups is 2. The van der Waals surface area contributed by atoms with Gasteiger partial charge >= 0.3 is 6.09 Å². The Hall–Kier alpha value is -2.35. The predicted molar refractivity (Wildman–Crippen MR) is 104 cm³/mol. The van der Waals surface area contributed by atoms with Crippen LogP contribution in [0, 0.1) is 0 Å². The molecule has 1 heterocycles. The highest BCUT2D eigenvalue weighted by Gasteiger charge is 2.25. The minimum Gasteiger partial charge on any atom is -0.453 e. The van der Waals surface area contributed by atoms with Gasteiger partial charge in [0.25, 0.3) is 5.56 Å². The number of fused-ring (bicyclic) bond motifs is 1. The molecule has 1 fully saturated rings. The highest BCUT2D eigenvalue weighted by Crippen LogP contribution is 2.32. The molecule has 3 rings (SSSR count). The Balaban J connectivity index is 1.98. The minimum absolute atomic E-state index is 0.0735. The van der Waals surface area contributed by atoms with Crippen molar-refractivity contribution in [2.24, 2.45) is 0 Å². The van der Waals surface area contributed by atoms with Gasteiger partial charge in [-0.1, -0.05) is 43.2 Å². The van der Waals surface area contributed by atoms with E-state index in [1.54, 1.807) is 23.6 Å². The summed E-state index contributed by atoms with van der Waals surface area (Å²) in [6, 6.07) is 7.33. The minimum atomic E-state index is -0.802. The second-order valence-corrected chi connectivity index (χ2v) is 7.93. The molecule has 8 heteroatoms. The topological polar surface area (TPSA) is 90.3 Å². The van der Waals surface area contributed by atoms with Gasteiger partial charge in [0.1, 0.15) is 0 Å². The van der Waals surface area contributed by atoms with Crippen LogP contribution in [0.25, 0.3) is 10.9 Å². The molecule has 0 spiro atoms. The zero-order valence-corrected chi connectivity index (χ0v) is 16.3. The van der Waals surface area contributed by atoms with E-state index < -0.39 is 17.3 Å². The fraction of sp³-hybridized carbons (Fsp3) is 0.474. The van der Waals surface area contributed by atoms with E-state index in [9.17, 15) is 14.4 Å². The van der Waals surface area contributed by atoms with Gasteiger partial charge in [-0.3, -0.25) is 19.5 Å². The molecule has 7 nitrogen and oxygen atoms in total. The Kier molecular flexibility index (Phi) is 6.15. The number of imide groups is 1. The van der Waals surface area contributed by atoms with E-state index in [1.165, 1.54) is 25.3 Å². The first-order valence-electron chi connectivity index (χ1n) is 9.08. The lowest BCUT2D eigenvalue weighted by atomic mass is 9.95. The lowest BCUT2D eigenvalue weighted by Gasteiger charge is -2.26. The summed E-state index contributed by atoms with van der Waals surface area (Å²) in [5.41, 5.74) is 0.535. The van der Waals surface area contributed by atoms with Crippen molar-refractivity contribution in [3.63, 3.8) is 0 Å². The van der Waals surface area contributed by atoms with E-state index in [1.807, 2.05) is 12.1 Å². The lowest BCUT2D eigenvalue weighted by molar-refractivity contribution is -0.119. The molecule has 1 aliphatic carbocycles. The molecule has 2 amide bonds. The summed E-state index contributed by atoms with van der Waals surface area (Å²) in [5.74, 6) is -0.482. The Morgan fingerprint density at radius 1 is 1.26 bits per heavy atom. The molecule has 1 N–H and O–H groups in total. The predicted octanol–water partition coefficient (Wildman–Crippen LogP) is 3.26. The van der Waals surface area contributed by atoms with E-state index in [0.717, 1.165) is 25.7 Å². The number of nitrogens with zero attached hydrogens (tertiary/aromatic N) is 2. The molecule has 0 bridgehead atoms. The summed E-state index contributed by atoms with van der Waals surface area (Å²) >= 11 is 1.19. The standard InChI is InChI=1S/C19H23N3O4S/c1-12(16(23)21-19(25)26-2)27-18-20-15-11-7-6-10-14(15)17(24)22(18)13-8-4-3-5-9-13/h6-7,10-13H,3-5,8-9H2,1-2H3,(H,21,23,25)/t12-/m0/s1. The van der Waals surface area contributed by atoms with Crippen LogP contribution in [0.3, 0.4) is 0 Å². The van der Waals surface area contributed by atoms with E-state index in [0.29, 0.717) is 16.1 Å². The molecule has 1 saturated carbocycles. The summed E-state index contributed by atoms with van der Waals surface area (Å²) in [6.07, 6.45) is 4.38. The summed E-state index contributed by atoms with van der Waals surface area (Å²) in [7, 11) is 1.20. The number of aromatic nitrogens is 2. The van der Waals surface area contributed by atoms with Gasteiger partial charge < -0.3 is 4.74 Å². The SMILES string of the molecule is COC(=O)NC(=O)[C@H](C)Sc1nc2ccccc2c(=O)n1C1CCCCC1. The van der Waals surface area contributed by atoms with Crippen LogP contribution in [0.15, 0.2) is 34.2 Å². The number of nitrogens with one attached hydrogen (secondary N) is 1. The Morgan fingerprint density at radius 2 is 1.96 bits per heavy atom. The van der Waals surface area contributed by atoms with Crippen molar-refractivity contribution in [2.45, 2.75) is 55.5 Å². The molecule has 0 aliphatic heterocycles. The number of thioether (sulfide) groups is 1. The number of alkyl carbamates (subject to hydrolysis) is 1. The van der Waals surface area contributed by atoms with Gasteiger partial charge in [-0.05, 0) is 31.9 Å². The van der Waals surface area contributed by atoms with Gasteiger partial charge in [0, 0.05) is 6.04 Å². The number of carbonyl (C=O) groups excluding carboxylic acids is 2. The van der Waals surface area contributed by atoms with Gasteiger partial charge in [0.15, 0.2) is 5.16 Å². The van der Waals surface area contributed by atoms with Crippen molar-refractivity contribution in [2.75, 3.05) is 7.11 Å². The summed E-state index contributed by atoms with van der Waals surface area (Å²) in [6.45, 7) is 1.68.